The number of esters is 1. The Kier molecular flexibility index (Phi) is 9.34. The molecule has 2 aliphatic heterocycles. The highest BCUT2D eigenvalue weighted by molar-refractivity contribution is 5.93. The third-order valence-electron chi connectivity index (χ3n) is 8.56. The number of hydrazine groups is 1. The summed E-state index contributed by atoms with van der Waals surface area (Å²) in [5, 5.41) is 9.15. The van der Waals surface area contributed by atoms with Crippen LogP contribution in [0.15, 0.2) is 54.6 Å². The van der Waals surface area contributed by atoms with Gasteiger partial charge in [-0.3, -0.25) is 24.2 Å². The van der Waals surface area contributed by atoms with E-state index in [4.69, 9.17) is 4.74 Å². The number of hydrogen-bond donors (Lipinski definition) is 3. The Morgan fingerprint density at radius 1 is 0.955 bits per heavy atom. The molecule has 3 aromatic rings. The number of carbonyl (C=O) groups is 4. The molecule has 9 heteroatoms. The number of ether oxygens (including phenoxy) is 1. The fourth-order valence-corrected chi connectivity index (χ4v) is 6.01. The molecule has 3 aromatic carbocycles. The number of aryl methyl sites for hydroxylation is 1. The summed E-state index contributed by atoms with van der Waals surface area (Å²) >= 11 is 0. The molecule has 3 amide bonds. The minimum absolute atomic E-state index is 0.111. The first-order valence-corrected chi connectivity index (χ1v) is 15.6. The lowest BCUT2D eigenvalue weighted by molar-refractivity contribution is -0.157. The Balaban J connectivity index is 1.54. The average molecular weight is 599 g/mol. The molecule has 9 nitrogen and oxygen atoms in total. The molecule has 3 N–H and O–H groups in total. The molecule has 4 unspecified atom stereocenters. The van der Waals surface area contributed by atoms with E-state index in [0.717, 1.165) is 39.4 Å². The number of rotatable bonds is 2. The quantitative estimate of drug-likeness (QED) is 0.378. The first kappa shape index (κ1) is 31.2. The van der Waals surface area contributed by atoms with Crippen molar-refractivity contribution < 1.29 is 23.9 Å². The van der Waals surface area contributed by atoms with Crippen molar-refractivity contribution in [2.45, 2.75) is 84.5 Å². The van der Waals surface area contributed by atoms with Crippen molar-refractivity contribution in [1.29, 1.82) is 0 Å². The highest BCUT2D eigenvalue weighted by Gasteiger charge is 2.34. The molecule has 7 bridgehead atoms. The summed E-state index contributed by atoms with van der Waals surface area (Å²) in [7, 11) is 0. The van der Waals surface area contributed by atoms with Gasteiger partial charge in [-0.05, 0) is 89.8 Å². The molecule has 5 rings (SSSR count). The average Bonchev–Trinajstić information content (AvgIpc) is 3.01. The minimum atomic E-state index is -0.870. The Bertz CT molecular complexity index is 1580. The molecule has 44 heavy (non-hydrogen) atoms. The molecule has 2 heterocycles. The van der Waals surface area contributed by atoms with E-state index in [1.807, 2.05) is 51.1 Å². The fourth-order valence-electron chi connectivity index (χ4n) is 6.01. The van der Waals surface area contributed by atoms with Gasteiger partial charge in [0.1, 0.15) is 24.2 Å². The van der Waals surface area contributed by atoms with Gasteiger partial charge in [0.2, 0.25) is 11.8 Å². The summed E-state index contributed by atoms with van der Waals surface area (Å²) in [6.07, 6.45) is 1.58. The first-order valence-electron chi connectivity index (χ1n) is 15.6. The zero-order valence-corrected chi connectivity index (χ0v) is 26.1. The van der Waals surface area contributed by atoms with E-state index in [0.29, 0.717) is 19.4 Å². The lowest BCUT2D eigenvalue weighted by Crippen LogP contribution is -2.61. The molecule has 2 aliphatic rings. The number of cyclic esters (lactones) is 1. The number of benzene rings is 3. The summed E-state index contributed by atoms with van der Waals surface area (Å²) in [6, 6.07) is 16.0. The molecule has 0 aromatic heterocycles. The van der Waals surface area contributed by atoms with Gasteiger partial charge in [0, 0.05) is 6.54 Å². The van der Waals surface area contributed by atoms with Crippen LogP contribution in [-0.4, -0.2) is 53.4 Å². The van der Waals surface area contributed by atoms with Crippen LogP contribution in [0.2, 0.25) is 0 Å². The fraction of sp³-hybridized carbons (Fsp3) is 0.429. The summed E-state index contributed by atoms with van der Waals surface area (Å²) < 4.78 is 5.89. The largest absolute Gasteiger partial charge is 0.457 e. The van der Waals surface area contributed by atoms with Gasteiger partial charge in [-0.25, -0.2) is 5.43 Å². The number of nitrogens with zero attached hydrogens (tertiary/aromatic N) is 1. The van der Waals surface area contributed by atoms with Crippen molar-refractivity contribution in [1.82, 2.24) is 21.1 Å². The van der Waals surface area contributed by atoms with E-state index in [1.165, 1.54) is 10.6 Å². The van der Waals surface area contributed by atoms with Crippen LogP contribution in [0.1, 0.15) is 70.3 Å². The first-order chi connectivity index (χ1) is 21.0. The summed E-state index contributed by atoms with van der Waals surface area (Å²) in [6.45, 7) is 9.67. The van der Waals surface area contributed by atoms with Crippen LogP contribution in [0.4, 0.5) is 0 Å². The number of carbonyl (C=O) groups excluding carboxylic acids is 4. The number of nitrogens with one attached hydrogen (secondary N) is 3. The van der Waals surface area contributed by atoms with Gasteiger partial charge < -0.3 is 15.4 Å². The van der Waals surface area contributed by atoms with Crippen LogP contribution in [0.3, 0.4) is 0 Å². The second-order valence-electron chi connectivity index (χ2n) is 12.3. The number of fused-ring (bicyclic) bond motifs is 7. The number of hydrogen-bond acceptors (Lipinski definition) is 6. The monoisotopic (exact) mass is 598 g/mol. The van der Waals surface area contributed by atoms with Crippen LogP contribution in [0.25, 0.3) is 21.9 Å². The standard InChI is InChI=1S/C35H42N4O5/c1-6-24-17-26-13-12-25-18-28(26)19-29(24)27-10-7-9-23(15-27)16-31(40)37-32(20(2)3)33(41)36-21(4)34(42)39-14-8-11-30(38-39)35(43)44-22(25)5/h7,9-10,12-13,15,17-22,30,32,38H,6,8,11,14,16H2,1-5H3,(H,36,41)(H,37,40). The Labute approximate surface area is 258 Å². The third kappa shape index (κ3) is 6.78. The SMILES string of the molecule is CCc1cc2ccc3cc2cc1-c1cccc(c1)CC(=O)NC(C(C)C)C(=O)NC(C)C(=O)N1CCCC(N1)C(=O)OC3C. The van der Waals surface area contributed by atoms with Crippen molar-refractivity contribution in [3.63, 3.8) is 0 Å². The molecule has 0 saturated carbocycles. The van der Waals surface area contributed by atoms with E-state index >= 15 is 0 Å². The van der Waals surface area contributed by atoms with Gasteiger partial charge >= 0.3 is 5.97 Å². The van der Waals surface area contributed by atoms with Gasteiger partial charge in [-0.15, -0.1) is 0 Å². The van der Waals surface area contributed by atoms with Gasteiger partial charge in [-0.1, -0.05) is 63.2 Å². The zero-order chi connectivity index (χ0) is 31.5. The van der Waals surface area contributed by atoms with Crippen molar-refractivity contribution in [3.8, 4) is 11.1 Å². The van der Waals surface area contributed by atoms with Crippen LogP contribution in [0, 0.1) is 5.92 Å². The topological polar surface area (TPSA) is 117 Å². The molecule has 0 radical (unpaired) electrons. The molecule has 0 spiro atoms. The third-order valence-corrected chi connectivity index (χ3v) is 8.56. The van der Waals surface area contributed by atoms with Crippen LogP contribution < -0.4 is 16.1 Å². The van der Waals surface area contributed by atoms with Gasteiger partial charge in [0.25, 0.3) is 5.91 Å². The molecular weight excluding hydrogens is 556 g/mol. The Hall–Kier alpha value is -4.24. The summed E-state index contributed by atoms with van der Waals surface area (Å²) in [5.74, 6) is -1.72. The van der Waals surface area contributed by atoms with Gasteiger partial charge in [0.15, 0.2) is 0 Å². The maximum absolute atomic E-state index is 13.3. The molecule has 4 atom stereocenters. The lowest BCUT2D eigenvalue weighted by atomic mass is 9.92. The zero-order valence-electron chi connectivity index (χ0n) is 26.1. The Morgan fingerprint density at radius 2 is 1.75 bits per heavy atom. The van der Waals surface area contributed by atoms with E-state index in [9.17, 15) is 19.2 Å². The molecule has 1 saturated heterocycles. The van der Waals surface area contributed by atoms with Crippen molar-refractivity contribution in [2.24, 2.45) is 5.92 Å². The highest BCUT2D eigenvalue weighted by Crippen LogP contribution is 2.32. The molecule has 232 valence electrons. The lowest BCUT2D eigenvalue weighted by Gasteiger charge is -2.35. The van der Waals surface area contributed by atoms with Crippen molar-refractivity contribution >= 4 is 34.5 Å². The highest BCUT2D eigenvalue weighted by atomic mass is 16.5. The molecular formula is C35H42N4O5. The van der Waals surface area contributed by atoms with Gasteiger partial charge in [-0.2, -0.15) is 0 Å². The van der Waals surface area contributed by atoms with Crippen molar-refractivity contribution in [3.05, 3.63) is 71.3 Å². The van der Waals surface area contributed by atoms with E-state index < -0.39 is 36.1 Å². The van der Waals surface area contributed by atoms with E-state index in [-0.39, 0.29) is 24.2 Å². The Morgan fingerprint density at radius 3 is 2.50 bits per heavy atom. The maximum atomic E-state index is 13.3. The normalized spacial score (nSPS) is 23.6. The molecule has 1 fully saturated rings. The van der Waals surface area contributed by atoms with Crippen LogP contribution >= 0.6 is 0 Å². The second-order valence-corrected chi connectivity index (χ2v) is 12.3. The van der Waals surface area contributed by atoms with E-state index in [2.05, 4.69) is 47.2 Å². The molecule has 0 aliphatic carbocycles. The maximum Gasteiger partial charge on any atom is 0.325 e. The smallest absolute Gasteiger partial charge is 0.325 e. The van der Waals surface area contributed by atoms with E-state index in [1.54, 1.807) is 6.92 Å². The second kappa shape index (κ2) is 13.2. The summed E-state index contributed by atoms with van der Waals surface area (Å²) in [4.78, 5) is 53.0. The van der Waals surface area contributed by atoms with Crippen LogP contribution in [-0.2, 0) is 36.8 Å². The predicted octanol–water partition coefficient (Wildman–Crippen LogP) is 4.37. The predicted molar refractivity (Wildman–Crippen MR) is 169 cm³/mol. The number of amides is 3. The van der Waals surface area contributed by atoms with Crippen molar-refractivity contribution in [2.75, 3.05) is 6.54 Å². The minimum Gasteiger partial charge on any atom is -0.457 e. The van der Waals surface area contributed by atoms with Gasteiger partial charge in [0.05, 0.1) is 6.42 Å². The summed E-state index contributed by atoms with van der Waals surface area (Å²) in [5.41, 5.74) is 7.98. The van der Waals surface area contributed by atoms with Crippen LogP contribution in [0.5, 0.6) is 0 Å².